The molecule has 0 aromatic rings. The van der Waals surface area contributed by atoms with Crippen molar-refractivity contribution in [1.82, 2.24) is 10.2 Å². The van der Waals surface area contributed by atoms with Gasteiger partial charge in [0.25, 0.3) is 17.4 Å². The zero-order valence-electron chi connectivity index (χ0n) is 21.4. The molecule has 13 nitrogen and oxygen atoms in total. The molecule has 2 amide bonds. The van der Waals surface area contributed by atoms with E-state index < -0.39 is 65.7 Å². The number of carbonyl (C=O) groups excluding carboxylic acids is 2. The molecule has 0 aromatic carbocycles. The first-order valence-corrected chi connectivity index (χ1v) is 12.3. The van der Waals surface area contributed by atoms with Gasteiger partial charge in [-0.15, -0.1) is 0 Å². The van der Waals surface area contributed by atoms with E-state index in [9.17, 15) is 34.8 Å². The smallest absolute Gasteiger partial charge is 0.342 e. The molecule has 2 rings (SSSR count). The Labute approximate surface area is 210 Å². The third-order valence-corrected chi connectivity index (χ3v) is 7.20. The van der Waals surface area contributed by atoms with Gasteiger partial charge in [-0.05, 0) is 33.2 Å². The van der Waals surface area contributed by atoms with Crippen molar-refractivity contribution < 1.29 is 49.0 Å². The van der Waals surface area contributed by atoms with Crippen LogP contribution in [0.1, 0.15) is 52.4 Å². The Balaban J connectivity index is 2.04. The number of aliphatic carboxylic acids is 1. The number of amides is 2. The molecule has 0 spiro atoms. The summed E-state index contributed by atoms with van der Waals surface area (Å²) in [4.78, 5) is 38.8. The highest BCUT2D eigenvalue weighted by molar-refractivity contribution is 6.14. The van der Waals surface area contributed by atoms with Crippen LogP contribution in [-0.2, 0) is 28.6 Å². The van der Waals surface area contributed by atoms with Crippen molar-refractivity contribution in [2.45, 2.75) is 100 Å². The molecule has 0 bridgehead atoms. The van der Waals surface area contributed by atoms with E-state index >= 15 is 0 Å². The molecule has 36 heavy (non-hydrogen) atoms. The second-order valence-corrected chi connectivity index (χ2v) is 9.65. The highest BCUT2D eigenvalue weighted by atomic mass is 16.7. The Bertz CT molecular complexity index is 781. The number of ether oxygens (including phenoxy) is 3. The topological polar surface area (TPSA) is 201 Å². The van der Waals surface area contributed by atoms with Crippen LogP contribution in [0.2, 0.25) is 0 Å². The molecule has 0 radical (unpaired) electrons. The number of carbonyl (C=O) groups is 3. The minimum Gasteiger partial charge on any atom is -0.479 e. The molecule has 208 valence electrons. The number of carboxylic acid groups (broad SMARTS) is 1. The molecular weight excluding hydrogens is 478 g/mol. The highest BCUT2D eigenvalue weighted by Gasteiger charge is 2.74. The van der Waals surface area contributed by atoms with E-state index in [4.69, 9.17) is 19.9 Å². The summed E-state index contributed by atoms with van der Waals surface area (Å²) >= 11 is 0. The van der Waals surface area contributed by atoms with Gasteiger partial charge in [0.15, 0.2) is 12.4 Å². The van der Waals surface area contributed by atoms with Crippen molar-refractivity contribution in [2.75, 3.05) is 27.3 Å². The number of nitrogens with one attached hydrogen (secondary N) is 1. The van der Waals surface area contributed by atoms with Crippen molar-refractivity contribution in [1.29, 1.82) is 0 Å². The minimum atomic E-state index is -2.76. The molecule has 13 heteroatoms. The van der Waals surface area contributed by atoms with E-state index in [1.807, 2.05) is 0 Å². The van der Waals surface area contributed by atoms with Crippen LogP contribution in [-0.4, -0.2) is 118 Å². The average Bonchev–Trinajstić information content (AvgIpc) is 2.97. The van der Waals surface area contributed by atoms with Crippen LogP contribution >= 0.6 is 0 Å². The van der Waals surface area contributed by atoms with Gasteiger partial charge in [0.05, 0.1) is 12.1 Å². The van der Waals surface area contributed by atoms with Crippen LogP contribution in [0, 0.1) is 0 Å². The Morgan fingerprint density at radius 3 is 2.25 bits per heavy atom. The van der Waals surface area contributed by atoms with Gasteiger partial charge in [0.1, 0.15) is 17.8 Å². The fourth-order valence-corrected chi connectivity index (χ4v) is 5.06. The lowest BCUT2D eigenvalue weighted by atomic mass is 9.79. The van der Waals surface area contributed by atoms with E-state index in [0.29, 0.717) is 18.1 Å². The third-order valence-electron chi connectivity index (χ3n) is 7.20. The SMILES string of the molecule is CO[C@H]1C(=O)N(C)[C@](C(=O)O)(C(=O)N[C@@H]2[C@H](O)[C@@H](O)[C@@H](OCCCCCCCCN)O[C@@H]2C)[C@]1(C)O. The van der Waals surface area contributed by atoms with E-state index in [-0.39, 0.29) is 0 Å². The first-order valence-electron chi connectivity index (χ1n) is 12.3. The molecule has 2 saturated heterocycles. The number of methoxy groups -OCH3 is 1. The summed E-state index contributed by atoms with van der Waals surface area (Å²) in [6.07, 6.45) is -0.929. The Kier molecular flexibility index (Phi) is 10.6. The van der Waals surface area contributed by atoms with Crippen LogP contribution in [0.4, 0.5) is 0 Å². The average molecular weight is 520 g/mol. The predicted octanol–water partition coefficient (Wildman–Crippen LogP) is -1.68. The molecule has 2 aliphatic rings. The first-order chi connectivity index (χ1) is 16.9. The van der Waals surface area contributed by atoms with Gasteiger partial charge < -0.3 is 50.6 Å². The number of hydrogen-bond acceptors (Lipinski definition) is 10. The van der Waals surface area contributed by atoms with E-state index in [0.717, 1.165) is 59.6 Å². The van der Waals surface area contributed by atoms with Crippen LogP contribution in [0.15, 0.2) is 0 Å². The normalized spacial score (nSPS) is 36.8. The van der Waals surface area contributed by atoms with Crippen LogP contribution in [0.5, 0.6) is 0 Å². The van der Waals surface area contributed by atoms with Gasteiger partial charge in [0, 0.05) is 20.8 Å². The number of likely N-dealkylation sites (N-methyl/N-ethyl adjacent to an activating group) is 1. The van der Waals surface area contributed by atoms with Crippen molar-refractivity contribution in [3.05, 3.63) is 0 Å². The number of aliphatic hydroxyl groups is 3. The minimum absolute atomic E-state index is 0.297. The van der Waals surface area contributed by atoms with Gasteiger partial charge in [0.2, 0.25) is 0 Å². The third kappa shape index (κ3) is 5.52. The molecule has 2 heterocycles. The molecule has 2 aliphatic heterocycles. The number of aliphatic hydroxyl groups excluding tert-OH is 2. The molecule has 0 aliphatic carbocycles. The molecule has 8 atom stereocenters. The number of likely N-dealkylation sites (tertiary alicyclic amines) is 1. The number of nitrogens with zero attached hydrogens (tertiary/aromatic N) is 1. The predicted molar refractivity (Wildman–Crippen MR) is 126 cm³/mol. The molecule has 0 unspecified atom stereocenters. The molecular formula is C23H41N3O10. The summed E-state index contributed by atoms with van der Waals surface area (Å²) in [6.45, 7) is 3.51. The van der Waals surface area contributed by atoms with Crippen LogP contribution < -0.4 is 11.1 Å². The maximum absolute atomic E-state index is 13.3. The van der Waals surface area contributed by atoms with Gasteiger partial charge in [-0.1, -0.05) is 25.7 Å². The van der Waals surface area contributed by atoms with E-state index in [1.54, 1.807) is 0 Å². The summed E-state index contributed by atoms with van der Waals surface area (Å²) in [7, 11) is 2.18. The second kappa shape index (κ2) is 12.6. The van der Waals surface area contributed by atoms with Crippen LogP contribution in [0.3, 0.4) is 0 Å². The number of unbranched alkanes of at least 4 members (excludes halogenated alkanes) is 5. The summed E-state index contributed by atoms with van der Waals surface area (Å²) in [5.41, 5.74) is 0.259. The fourth-order valence-electron chi connectivity index (χ4n) is 5.06. The number of hydrogen-bond donors (Lipinski definition) is 6. The summed E-state index contributed by atoms with van der Waals surface area (Å²) in [5, 5.41) is 44.6. The van der Waals surface area contributed by atoms with Crippen molar-refractivity contribution in [2.24, 2.45) is 5.73 Å². The number of nitrogens with two attached hydrogens (primary N) is 1. The van der Waals surface area contributed by atoms with Crippen molar-refractivity contribution in [3.63, 3.8) is 0 Å². The summed E-state index contributed by atoms with van der Waals surface area (Å²) < 4.78 is 16.3. The van der Waals surface area contributed by atoms with Crippen LogP contribution in [0.25, 0.3) is 0 Å². The Hall–Kier alpha value is -1.87. The number of carboxylic acids is 1. The van der Waals surface area contributed by atoms with Gasteiger partial charge in [-0.3, -0.25) is 9.59 Å². The first kappa shape index (κ1) is 30.4. The van der Waals surface area contributed by atoms with Gasteiger partial charge in [-0.2, -0.15) is 0 Å². The van der Waals surface area contributed by atoms with Gasteiger partial charge >= 0.3 is 5.97 Å². The molecule has 0 saturated carbocycles. The van der Waals surface area contributed by atoms with Gasteiger partial charge in [-0.25, -0.2) is 4.79 Å². The maximum Gasteiger partial charge on any atom is 0.342 e. The Morgan fingerprint density at radius 2 is 1.72 bits per heavy atom. The fraction of sp³-hybridized carbons (Fsp3) is 0.870. The molecule has 7 N–H and O–H groups in total. The van der Waals surface area contributed by atoms with Crippen molar-refractivity contribution in [3.8, 4) is 0 Å². The lowest BCUT2D eigenvalue weighted by molar-refractivity contribution is -0.272. The lowest BCUT2D eigenvalue weighted by Crippen LogP contribution is -2.74. The molecule has 2 fully saturated rings. The van der Waals surface area contributed by atoms with Crippen molar-refractivity contribution >= 4 is 17.8 Å². The zero-order chi connectivity index (χ0) is 27.3. The largest absolute Gasteiger partial charge is 0.479 e. The zero-order valence-corrected chi connectivity index (χ0v) is 21.4. The summed E-state index contributed by atoms with van der Waals surface area (Å²) in [5.74, 6) is -3.96. The second-order valence-electron chi connectivity index (χ2n) is 9.65. The van der Waals surface area contributed by atoms with E-state index in [2.05, 4.69) is 5.32 Å². The summed E-state index contributed by atoms with van der Waals surface area (Å²) in [6, 6.07) is -1.26. The maximum atomic E-state index is 13.3. The monoisotopic (exact) mass is 519 g/mol. The lowest BCUT2D eigenvalue weighted by Gasteiger charge is -2.44. The standard InChI is InChI=1S/C23H41N3O10/c1-13-14(15(27)16(28)19(36-13)35-12-10-8-6-5-7-9-11-24)25-20(30)23(21(31)32)22(2,33)17(34-4)18(29)26(23)3/h13-17,19,27-28,33H,5-12,24H2,1-4H3,(H,25,30)(H,31,32)/t13-,14+,15+,16-,17+,19+,22-,23+/m1/s1. The van der Waals surface area contributed by atoms with E-state index in [1.165, 1.54) is 6.92 Å². The Morgan fingerprint density at radius 1 is 1.14 bits per heavy atom. The quantitative estimate of drug-likeness (QED) is 0.120. The molecule has 0 aromatic heterocycles. The highest BCUT2D eigenvalue weighted by Crippen LogP contribution is 2.41. The number of rotatable bonds is 13.